The smallest absolute Gasteiger partial charge is 0.217 e. The Balaban J connectivity index is 2.14. The first-order valence-corrected chi connectivity index (χ1v) is 10.8. The van der Waals surface area contributed by atoms with Gasteiger partial charge in [0, 0.05) is 12.7 Å². The highest BCUT2D eigenvalue weighted by Gasteiger charge is 2.38. The van der Waals surface area contributed by atoms with Crippen molar-refractivity contribution in [1.82, 2.24) is 5.32 Å². The normalized spacial score (nSPS) is 12.2. The quantitative estimate of drug-likeness (QED) is 0.410. The van der Waals surface area contributed by atoms with Gasteiger partial charge in [-0.2, -0.15) is 0 Å². The Labute approximate surface area is 181 Å². The second kappa shape index (κ2) is 9.81. The molecule has 0 aliphatic rings. The van der Waals surface area contributed by atoms with Crippen molar-refractivity contribution in [3.8, 4) is 0 Å². The number of rotatable bonds is 8. The van der Waals surface area contributed by atoms with E-state index in [9.17, 15) is 9.59 Å². The molecule has 0 aliphatic heterocycles. The van der Waals surface area contributed by atoms with Gasteiger partial charge in [-0.25, -0.2) is 0 Å². The number of benzene rings is 3. The lowest BCUT2D eigenvalue weighted by molar-refractivity contribution is -0.122. The van der Waals surface area contributed by atoms with Gasteiger partial charge in [0.2, 0.25) is 11.0 Å². The average Bonchev–Trinajstić information content (AvgIpc) is 2.75. The van der Waals surface area contributed by atoms with Crippen LogP contribution in [-0.2, 0) is 14.3 Å². The summed E-state index contributed by atoms with van der Waals surface area (Å²) >= 11 is 5.61. The van der Waals surface area contributed by atoms with E-state index in [2.05, 4.69) is 54.3 Å². The zero-order chi connectivity index (χ0) is 20.7. The topological polar surface area (TPSA) is 46.2 Å². The first-order chi connectivity index (χ1) is 14.0. The fourth-order valence-electron chi connectivity index (χ4n) is 3.40. The SMILES string of the molecule is CC(=O)NC(CSC(c1ccccc1)(c1ccccc1)c1ccccc1)C(=O)S. The average molecular weight is 422 g/mol. The molecule has 0 saturated heterocycles. The number of thioether (sulfide) groups is 1. The minimum Gasteiger partial charge on any atom is -0.345 e. The number of thiol groups is 1. The maximum absolute atomic E-state index is 12.0. The van der Waals surface area contributed by atoms with Crippen LogP contribution in [0.2, 0.25) is 0 Å². The fourth-order valence-corrected chi connectivity index (χ4v) is 5.24. The van der Waals surface area contributed by atoms with E-state index in [1.807, 2.05) is 54.6 Å². The molecule has 0 aliphatic carbocycles. The van der Waals surface area contributed by atoms with Crippen LogP contribution in [0.15, 0.2) is 91.0 Å². The molecular formula is C24H23NO2S2. The standard InChI is InChI=1S/C24H23NO2S2/c1-18(26)25-22(23(27)28)17-29-24(19-11-5-2-6-12-19,20-13-7-3-8-14-20)21-15-9-4-10-16-21/h2-16,22H,17H2,1H3,(H,25,26)(H,27,28). The van der Waals surface area contributed by atoms with Gasteiger partial charge in [0.25, 0.3) is 0 Å². The monoisotopic (exact) mass is 421 g/mol. The van der Waals surface area contributed by atoms with Crippen LogP contribution in [0.25, 0.3) is 0 Å². The molecule has 0 radical (unpaired) electrons. The van der Waals surface area contributed by atoms with Crippen molar-refractivity contribution in [2.75, 3.05) is 5.75 Å². The van der Waals surface area contributed by atoms with Crippen molar-refractivity contribution in [1.29, 1.82) is 0 Å². The molecule has 3 aromatic carbocycles. The van der Waals surface area contributed by atoms with E-state index >= 15 is 0 Å². The Bertz CT molecular complexity index is 850. The minimum absolute atomic E-state index is 0.247. The highest BCUT2D eigenvalue weighted by molar-refractivity contribution is 8.01. The molecule has 3 nitrogen and oxygen atoms in total. The van der Waals surface area contributed by atoms with Crippen LogP contribution < -0.4 is 5.32 Å². The third-order valence-electron chi connectivity index (χ3n) is 4.68. The van der Waals surface area contributed by atoms with Crippen LogP contribution in [0, 0.1) is 0 Å². The maximum Gasteiger partial charge on any atom is 0.217 e. The van der Waals surface area contributed by atoms with E-state index in [0.717, 1.165) is 16.7 Å². The van der Waals surface area contributed by atoms with Gasteiger partial charge in [0.05, 0.1) is 4.75 Å². The van der Waals surface area contributed by atoms with E-state index in [1.165, 1.54) is 6.92 Å². The van der Waals surface area contributed by atoms with Gasteiger partial charge in [0.1, 0.15) is 6.04 Å². The van der Waals surface area contributed by atoms with Crippen LogP contribution in [-0.4, -0.2) is 22.8 Å². The molecule has 0 heterocycles. The number of carbonyl (C=O) groups is 2. The van der Waals surface area contributed by atoms with Crippen molar-refractivity contribution >= 4 is 35.4 Å². The summed E-state index contributed by atoms with van der Waals surface area (Å²) in [7, 11) is 0. The first kappa shape index (κ1) is 21.2. The zero-order valence-electron chi connectivity index (χ0n) is 16.1. The molecule has 0 spiro atoms. The van der Waals surface area contributed by atoms with Crippen molar-refractivity contribution in [3.63, 3.8) is 0 Å². The summed E-state index contributed by atoms with van der Waals surface area (Å²) in [5.74, 6) is 0.142. The Morgan fingerprint density at radius 3 is 1.52 bits per heavy atom. The van der Waals surface area contributed by atoms with Gasteiger partial charge in [-0.15, -0.1) is 24.4 Å². The van der Waals surface area contributed by atoms with Crippen LogP contribution in [0.1, 0.15) is 23.6 Å². The van der Waals surface area contributed by atoms with Gasteiger partial charge in [-0.05, 0) is 16.7 Å². The van der Waals surface area contributed by atoms with Gasteiger partial charge in [0.15, 0.2) is 0 Å². The fraction of sp³-hybridized carbons (Fsp3) is 0.167. The molecule has 29 heavy (non-hydrogen) atoms. The first-order valence-electron chi connectivity index (χ1n) is 9.34. The molecular weight excluding hydrogens is 398 g/mol. The molecule has 5 heteroatoms. The maximum atomic E-state index is 12.0. The number of carbonyl (C=O) groups excluding carboxylic acids is 2. The highest BCUT2D eigenvalue weighted by atomic mass is 32.2. The van der Waals surface area contributed by atoms with Crippen LogP contribution in [0.5, 0.6) is 0 Å². The van der Waals surface area contributed by atoms with Gasteiger partial charge >= 0.3 is 0 Å². The molecule has 1 atom stereocenters. The number of amides is 1. The summed E-state index contributed by atoms with van der Waals surface area (Å²) in [6.45, 7) is 1.41. The molecule has 148 valence electrons. The van der Waals surface area contributed by atoms with E-state index in [4.69, 9.17) is 0 Å². The molecule has 0 fully saturated rings. The van der Waals surface area contributed by atoms with E-state index < -0.39 is 10.8 Å². The van der Waals surface area contributed by atoms with Gasteiger partial charge in [-0.3, -0.25) is 9.59 Å². The van der Waals surface area contributed by atoms with Crippen molar-refractivity contribution in [2.45, 2.75) is 17.7 Å². The Morgan fingerprint density at radius 2 is 1.21 bits per heavy atom. The Kier molecular flexibility index (Phi) is 7.18. The molecule has 0 aromatic heterocycles. The number of hydrogen-bond acceptors (Lipinski definition) is 3. The summed E-state index contributed by atoms with van der Waals surface area (Å²) in [5.41, 5.74) is 3.32. The summed E-state index contributed by atoms with van der Waals surface area (Å²) in [5, 5.41) is 2.37. The largest absolute Gasteiger partial charge is 0.345 e. The van der Waals surface area contributed by atoms with E-state index in [-0.39, 0.29) is 11.0 Å². The molecule has 1 amide bonds. The lowest BCUT2D eigenvalue weighted by Crippen LogP contribution is -2.41. The molecule has 0 bridgehead atoms. The van der Waals surface area contributed by atoms with E-state index in [1.54, 1.807) is 11.8 Å². The molecule has 3 rings (SSSR count). The van der Waals surface area contributed by atoms with Gasteiger partial charge in [-0.1, -0.05) is 91.0 Å². The molecule has 0 saturated carbocycles. The lowest BCUT2D eigenvalue weighted by atomic mass is 9.84. The summed E-state index contributed by atoms with van der Waals surface area (Å²) in [4.78, 5) is 23.6. The Hall–Kier alpha value is -2.50. The zero-order valence-corrected chi connectivity index (χ0v) is 17.8. The Morgan fingerprint density at radius 1 is 0.828 bits per heavy atom. The summed E-state index contributed by atoms with van der Waals surface area (Å²) in [6, 6.07) is 30.0. The third kappa shape index (κ3) is 4.92. The van der Waals surface area contributed by atoms with Crippen LogP contribution >= 0.6 is 24.4 Å². The second-order valence-corrected chi connectivity index (χ2v) is 8.36. The van der Waals surface area contributed by atoms with E-state index in [0.29, 0.717) is 5.75 Å². The lowest BCUT2D eigenvalue weighted by Gasteiger charge is -2.36. The molecule has 1 N–H and O–H groups in total. The predicted molar refractivity (Wildman–Crippen MR) is 123 cm³/mol. The molecule has 3 aromatic rings. The minimum atomic E-state index is -0.670. The van der Waals surface area contributed by atoms with Crippen LogP contribution in [0.4, 0.5) is 0 Å². The third-order valence-corrected chi connectivity index (χ3v) is 6.63. The van der Waals surface area contributed by atoms with Crippen molar-refractivity contribution < 1.29 is 9.59 Å². The van der Waals surface area contributed by atoms with Crippen molar-refractivity contribution in [2.24, 2.45) is 0 Å². The molecule has 1 unspecified atom stereocenters. The number of hydrogen-bond donors (Lipinski definition) is 2. The summed E-state index contributed by atoms with van der Waals surface area (Å²) < 4.78 is -0.538. The van der Waals surface area contributed by atoms with Gasteiger partial charge < -0.3 is 5.32 Å². The second-order valence-electron chi connectivity index (χ2n) is 6.68. The number of nitrogens with one attached hydrogen (secondary N) is 1. The predicted octanol–water partition coefficient (Wildman–Crippen LogP) is 4.67. The summed E-state index contributed by atoms with van der Waals surface area (Å²) in [6.07, 6.45) is 0. The van der Waals surface area contributed by atoms with Crippen LogP contribution in [0.3, 0.4) is 0 Å². The van der Waals surface area contributed by atoms with Crippen molar-refractivity contribution in [3.05, 3.63) is 108 Å². The highest BCUT2D eigenvalue weighted by Crippen LogP contribution is 2.48.